The van der Waals surface area contributed by atoms with E-state index in [-0.39, 0.29) is 5.78 Å². The highest BCUT2D eigenvalue weighted by molar-refractivity contribution is 5.98. The average molecular weight is 237 g/mol. The van der Waals surface area contributed by atoms with Crippen molar-refractivity contribution in [3.63, 3.8) is 0 Å². The largest absolute Gasteiger partial charge is 0.381 e. The molecule has 0 spiro atoms. The molecular weight excluding hydrogens is 218 g/mol. The number of nitrogens with one attached hydrogen (secondary N) is 1. The Morgan fingerprint density at radius 1 is 1.59 bits per heavy atom. The summed E-state index contributed by atoms with van der Waals surface area (Å²) in [4.78, 5) is 12.0. The van der Waals surface area contributed by atoms with Gasteiger partial charge in [-0.3, -0.25) is 9.48 Å². The van der Waals surface area contributed by atoms with Crippen molar-refractivity contribution in [3.05, 3.63) is 17.5 Å². The Balaban J connectivity index is 2.22. The Morgan fingerprint density at radius 2 is 2.29 bits per heavy atom. The normalized spacial score (nSPS) is 17.3. The smallest absolute Gasteiger partial charge is 0.180 e. The van der Waals surface area contributed by atoms with E-state index in [0.29, 0.717) is 12.5 Å². The summed E-state index contributed by atoms with van der Waals surface area (Å²) < 4.78 is 7.07. The van der Waals surface area contributed by atoms with E-state index < -0.39 is 0 Å². The molecule has 0 atom stereocenters. The van der Waals surface area contributed by atoms with E-state index >= 15 is 0 Å². The summed E-state index contributed by atoms with van der Waals surface area (Å²) in [6, 6.07) is 0. The molecule has 0 radical (unpaired) electrons. The lowest BCUT2D eigenvalue weighted by molar-refractivity contribution is 0.0836. The first-order valence-corrected chi connectivity index (χ1v) is 6.01. The van der Waals surface area contributed by atoms with Gasteiger partial charge in [-0.2, -0.15) is 5.10 Å². The second-order valence-electron chi connectivity index (χ2n) is 4.44. The minimum Gasteiger partial charge on any atom is -0.381 e. The molecule has 1 aliphatic heterocycles. The van der Waals surface area contributed by atoms with Gasteiger partial charge in [0.2, 0.25) is 0 Å². The number of ether oxygens (including phenoxy) is 1. The summed E-state index contributed by atoms with van der Waals surface area (Å²) in [5.74, 6) is 0.475. The van der Waals surface area contributed by atoms with Crippen LogP contribution in [0.25, 0.3) is 0 Å². The number of aromatic nitrogens is 2. The molecule has 1 aliphatic rings. The molecule has 2 heterocycles. The maximum Gasteiger partial charge on any atom is 0.180 e. The number of carbonyl (C=O) groups excluding carboxylic acids is 1. The van der Waals surface area contributed by atoms with Gasteiger partial charge in [0.15, 0.2) is 5.78 Å². The fraction of sp³-hybridized carbons (Fsp3) is 0.667. The number of ketones is 1. The molecule has 94 valence electrons. The molecular formula is C12H19N3O2. The quantitative estimate of drug-likeness (QED) is 0.784. The highest BCUT2D eigenvalue weighted by Gasteiger charge is 2.24. The van der Waals surface area contributed by atoms with E-state index in [9.17, 15) is 4.79 Å². The predicted octanol–water partition coefficient (Wildman–Crippen LogP) is 0.716. The maximum absolute atomic E-state index is 12.0. The molecule has 1 N–H and O–H groups in total. The Labute approximate surface area is 101 Å². The van der Waals surface area contributed by atoms with Gasteiger partial charge in [0.05, 0.1) is 17.8 Å². The van der Waals surface area contributed by atoms with Crippen LogP contribution in [0.5, 0.6) is 0 Å². The Hall–Kier alpha value is -1.20. The standard InChI is InChI=1S/C12H19N3O2/c1-13-7-11(16)10-8-15(2)14-12(10)9-3-5-17-6-4-9/h8-9,13H,3-7H2,1-2H3. The molecule has 0 bridgehead atoms. The SMILES string of the molecule is CNCC(=O)c1cn(C)nc1C1CCOCC1. The van der Waals surface area contributed by atoms with Crippen LogP contribution in [0.2, 0.25) is 0 Å². The fourth-order valence-corrected chi connectivity index (χ4v) is 2.25. The number of nitrogens with zero attached hydrogens (tertiary/aromatic N) is 2. The van der Waals surface area contributed by atoms with Crippen LogP contribution in [-0.2, 0) is 11.8 Å². The van der Waals surface area contributed by atoms with E-state index in [4.69, 9.17) is 4.74 Å². The molecule has 0 unspecified atom stereocenters. The monoisotopic (exact) mass is 237 g/mol. The van der Waals surface area contributed by atoms with Gasteiger partial charge in [-0.25, -0.2) is 0 Å². The molecule has 2 rings (SSSR count). The molecule has 0 aliphatic carbocycles. The van der Waals surface area contributed by atoms with Crippen molar-refractivity contribution in [2.45, 2.75) is 18.8 Å². The zero-order valence-corrected chi connectivity index (χ0v) is 10.4. The maximum atomic E-state index is 12.0. The van der Waals surface area contributed by atoms with E-state index in [2.05, 4.69) is 10.4 Å². The zero-order chi connectivity index (χ0) is 12.3. The van der Waals surface area contributed by atoms with Crippen LogP contribution in [0, 0.1) is 0 Å². The fourth-order valence-electron chi connectivity index (χ4n) is 2.25. The molecule has 5 nitrogen and oxygen atoms in total. The van der Waals surface area contributed by atoms with Gasteiger partial charge in [0.1, 0.15) is 0 Å². The first kappa shape index (κ1) is 12.3. The van der Waals surface area contributed by atoms with Crippen LogP contribution in [0.3, 0.4) is 0 Å². The van der Waals surface area contributed by atoms with Crippen LogP contribution in [0.1, 0.15) is 34.8 Å². The Bertz CT molecular complexity index is 394. The molecule has 0 aromatic carbocycles. The third-order valence-corrected chi connectivity index (χ3v) is 3.10. The topological polar surface area (TPSA) is 56.2 Å². The van der Waals surface area contributed by atoms with E-state index in [1.807, 2.05) is 13.2 Å². The van der Waals surface area contributed by atoms with Crippen LogP contribution < -0.4 is 5.32 Å². The van der Waals surface area contributed by atoms with Crippen molar-refractivity contribution in [2.24, 2.45) is 7.05 Å². The highest BCUT2D eigenvalue weighted by atomic mass is 16.5. The third-order valence-electron chi connectivity index (χ3n) is 3.10. The molecule has 17 heavy (non-hydrogen) atoms. The van der Waals surface area contributed by atoms with Crippen LogP contribution in [0.4, 0.5) is 0 Å². The summed E-state index contributed by atoms with van der Waals surface area (Å²) in [6.07, 6.45) is 3.73. The van der Waals surface area contributed by atoms with E-state index in [1.165, 1.54) is 0 Å². The molecule has 1 fully saturated rings. The second-order valence-corrected chi connectivity index (χ2v) is 4.44. The van der Waals surface area contributed by atoms with Gasteiger partial charge >= 0.3 is 0 Å². The number of hydrogen-bond acceptors (Lipinski definition) is 4. The highest BCUT2D eigenvalue weighted by Crippen LogP contribution is 2.28. The predicted molar refractivity (Wildman–Crippen MR) is 64.3 cm³/mol. The van der Waals surface area contributed by atoms with Crippen molar-refractivity contribution >= 4 is 5.78 Å². The minimum atomic E-state index is 0.113. The second kappa shape index (κ2) is 5.42. The lowest BCUT2D eigenvalue weighted by Crippen LogP contribution is -2.21. The van der Waals surface area contributed by atoms with Crippen molar-refractivity contribution < 1.29 is 9.53 Å². The van der Waals surface area contributed by atoms with E-state index in [0.717, 1.165) is 37.3 Å². The number of aryl methyl sites for hydroxylation is 1. The summed E-state index contributed by atoms with van der Waals surface area (Å²) in [7, 11) is 3.64. The van der Waals surface area contributed by atoms with Crippen LogP contribution in [0.15, 0.2) is 6.20 Å². The van der Waals surface area contributed by atoms with Crippen molar-refractivity contribution in [1.29, 1.82) is 0 Å². The molecule has 1 saturated heterocycles. The number of carbonyl (C=O) groups is 1. The molecule has 5 heteroatoms. The van der Waals surface area contributed by atoms with Crippen molar-refractivity contribution in [2.75, 3.05) is 26.8 Å². The van der Waals surface area contributed by atoms with Gasteiger partial charge in [0.25, 0.3) is 0 Å². The summed E-state index contributed by atoms with van der Waals surface area (Å²) in [5.41, 5.74) is 1.70. The van der Waals surface area contributed by atoms with Crippen molar-refractivity contribution in [1.82, 2.24) is 15.1 Å². The third kappa shape index (κ3) is 2.73. The molecule has 0 saturated carbocycles. The van der Waals surface area contributed by atoms with Gasteiger partial charge in [-0.1, -0.05) is 0 Å². The lowest BCUT2D eigenvalue weighted by Gasteiger charge is -2.21. The van der Waals surface area contributed by atoms with Gasteiger partial charge in [0, 0.05) is 32.4 Å². The molecule has 1 aromatic rings. The average Bonchev–Trinajstić information content (AvgIpc) is 2.73. The van der Waals surface area contributed by atoms with Crippen molar-refractivity contribution in [3.8, 4) is 0 Å². The zero-order valence-electron chi connectivity index (χ0n) is 10.4. The molecule has 1 aromatic heterocycles. The van der Waals surface area contributed by atoms with Gasteiger partial charge in [-0.05, 0) is 19.9 Å². The Morgan fingerprint density at radius 3 is 2.94 bits per heavy atom. The summed E-state index contributed by atoms with van der Waals surface area (Å²) in [6.45, 7) is 1.89. The van der Waals surface area contributed by atoms with E-state index in [1.54, 1.807) is 11.7 Å². The number of likely N-dealkylation sites (N-methyl/N-ethyl adjacent to an activating group) is 1. The van der Waals surface area contributed by atoms with Crippen LogP contribution in [-0.4, -0.2) is 42.4 Å². The number of rotatable bonds is 4. The minimum absolute atomic E-state index is 0.113. The van der Waals surface area contributed by atoms with Crippen LogP contribution >= 0.6 is 0 Å². The molecule has 0 amide bonds. The van der Waals surface area contributed by atoms with Gasteiger partial charge in [-0.15, -0.1) is 0 Å². The lowest BCUT2D eigenvalue weighted by atomic mass is 9.93. The summed E-state index contributed by atoms with van der Waals surface area (Å²) >= 11 is 0. The summed E-state index contributed by atoms with van der Waals surface area (Å²) in [5, 5.41) is 7.34. The number of hydrogen-bond donors (Lipinski definition) is 1. The number of Topliss-reactive ketones (excluding diaryl/α,β-unsaturated/α-hetero) is 1. The first-order valence-electron chi connectivity index (χ1n) is 6.01. The van der Waals surface area contributed by atoms with Gasteiger partial charge < -0.3 is 10.1 Å². The first-order chi connectivity index (χ1) is 8.22. The Kier molecular flexibility index (Phi) is 3.91.